The number of nitrogens with one attached hydrogen (secondary N) is 2. The van der Waals surface area contributed by atoms with Gasteiger partial charge in [-0.3, -0.25) is 4.79 Å². The average Bonchev–Trinajstić information content (AvgIpc) is 2.85. The summed E-state index contributed by atoms with van der Waals surface area (Å²) in [5.74, 6) is 0.179. The summed E-state index contributed by atoms with van der Waals surface area (Å²) in [6.45, 7) is 6.16. The molecule has 1 aliphatic heterocycles. The normalized spacial score (nSPS) is 19.8. The summed E-state index contributed by atoms with van der Waals surface area (Å²) in [7, 11) is 0. The van der Waals surface area contributed by atoms with Crippen LogP contribution in [0.5, 0.6) is 0 Å². The predicted molar refractivity (Wildman–Crippen MR) is 78.1 cm³/mol. The van der Waals surface area contributed by atoms with E-state index in [-0.39, 0.29) is 29.1 Å². The van der Waals surface area contributed by atoms with Gasteiger partial charge in [0.05, 0.1) is 6.04 Å². The van der Waals surface area contributed by atoms with E-state index >= 15 is 0 Å². The maximum absolute atomic E-state index is 11.9. The summed E-state index contributed by atoms with van der Waals surface area (Å²) >= 11 is 1.87. The number of amides is 1. The summed E-state index contributed by atoms with van der Waals surface area (Å²) in [6.07, 6.45) is 6.43. The zero-order valence-electron chi connectivity index (χ0n) is 11.0. The Morgan fingerprint density at radius 1 is 1.47 bits per heavy atom. The molecule has 0 spiro atoms. The van der Waals surface area contributed by atoms with Crippen LogP contribution in [-0.2, 0) is 4.79 Å². The smallest absolute Gasteiger partial charge is 0.237 e. The molecule has 2 N–H and O–H groups in total. The van der Waals surface area contributed by atoms with E-state index in [1.807, 2.05) is 11.8 Å². The third-order valence-corrected chi connectivity index (χ3v) is 5.27. The first-order chi connectivity index (χ1) is 7.67. The Morgan fingerprint density at radius 3 is 2.53 bits per heavy atom. The molecule has 1 atom stereocenters. The van der Waals surface area contributed by atoms with Gasteiger partial charge in [-0.05, 0) is 38.5 Å². The highest BCUT2D eigenvalue weighted by Crippen LogP contribution is 2.29. The lowest BCUT2D eigenvalue weighted by atomic mass is 10.0. The van der Waals surface area contributed by atoms with Crippen LogP contribution in [0.1, 0.15) is 39.5 Å². The Labute approximate surface area is 115 Å². The number of hydrogen-bond donors (Lipinski definition) is 2. The largest absolute Gasteiger partial charge is 0.353 e. The second kappa shape index (κ2) is 8.22. The van der Waals surface area contributed by atoms with Crippen molar-refractivity contribution in [1.29, 1.82) is 0 Å². The van der Waals surface area contributed by atoms with Gasteiger partial charge >= 0.3 is 0 Å². The number of carbonyl (C=O) groups is 1. The average molecular weight is 281 g/mol. The third-order valence-electron chi connectivity index (χ3n) is 3.68. The van der Waals surface area contributed by atoms with Gasteiger partial charge < -0.3 is 10.6 Å². The standard InChI is InChI=1S/C12H24N2OS.ClH/c1-4-12(5-2,16-3)9-14-11(15)10-7-6-8-13-10;/h10,13H,4-9H2,1-3H3,(H,14,15);1H/t10-;/m0./s1. The number of thioether (sulfide) groups is 1. The highest BCUT2D eigenvalue weighted by atomic mass is 35.5. The molecule has 0 aromatic carbocycles. The zero-order valence-corrected chi connectivity index (χ0v) is 12.7. The maximum Gasteiger partial charge on any atom is 0.237 e. The zero-order chi connectivity index (χ0) is 12.0. The number of halogens is 1. The summed E-state index contributed by atoms with van der Waals surface area (Å²) < 4.78 is 0.217. The minimum atomic E-state index is 0. The molecule has 1 heterocycles. The Bertz CT molecular complexity index is 220. The summed E-state index contributed by atoms with van der Waals surface area (Å²) in [6, 6.07) is 0.0493. The quantitative estimate of drug-likeness (QED) is 0.784. The topological polar surface area (TPSA) is 41.1 Å². The van der Waals surface area contributed by atoms with E-state index in [1.165, 1.54) is 0 Å². The third kappa shape index (κ3) is 4.68. The van der Waals surface area contributed by atoms with Crippen molar-refractivity contribution in [3.8, 4) is 0 Å². The molecule has 0 saturated carbocycles. The first-order valence-electron chi connectivity index (χ1n) is 6.23. The van der Waals surface area contributed by atoms with Crippen molar-refractivity contribution >= 4 is 30.1 Å². The molecule has 0 aliphatic carbocycles. The van der Waals surface area contributed by atoms with E-state index in [0.717, 1.165) is 38.8 Å². The lowest BCUT2D eigenvalue weighted by molar-refractivity contribution is -0.122. The number of hydrogen-bond acceptors (Lipinski definition) is 3. The molecule has 17 heavy (non-hydrogen) atoms. The van der Waals surface area contributed by atoms with Gasteiger partial charge in [0.15, 0.2) is 0 Å². The second-order valence-electron chi connectivity index (χ2n) is 4.46. The van der Waals surface area contributed by atoms with Crippen LogP contribution < -0.4 is 10.6 Å². The van der Waals surface area contributed by atoms with E-state index < -0.39 is 0 Å². The fourth-order valence-corrected chi connectivity index (χ4v) is 2.93. The summed E-state index contributed by atoms with van der Waals surface area (Å²) in [5.41, 5.74) is 0. The Hall–Kier alpha value is 0.0700. The number of carbonyl (C=O) groups excluding carboxylic acids is 1. The van der Waals surface area contributed by atoms with E-state index in [2.05, 4.69) is 30.7 Å². The molecule has 0 radical (unpaired) electrons. The SMILES string of the molecule is CCC(CC)(CNC(=O)[C@@H]1CCCN1)SC.Cl. The van der Waals surface area contributed by atoms with Crippen LogP contribution in [0.4, 0.5) is 0 Å². The van der Waals surface area contributed by atoms with Gasteiger partial charge in [-0.15, -0.1) is 12.4 Å². The molecular weight excluding hydrogens is 256 g/mol. The van der Waals surface area contributed by atoms with E-state index in [0.29, 0.717) is 0 Å². The predicted octanol–water partition coefficient (Wildman–Crippen LogP) is 2.20. The molecule has 0 unspecified atom stereocenters. The highest BCUT2D eigenvalue weighted by molar-refractivity contribution is 8.00. The highest BCUT2D eigenvalue weighted by Gasteiger charge is 2.28. The summed E-state index contributed by atoms with van der Waals surface area (Å²) in [4.78, 5) is 11.9. The van der Waals surface area contributed by atoms with Crippen molar-refractivity contribution in [3.05, 3.63) is 0 Å². The lowest BCUT2D eigenvalue weighted by Gasteiger charge is -2.30. The Morgan fingerprint density at radius 2 is 2.12 bits per heavy atom. The molecule has 0 aromatic heterocycles. The van der Waals surface area contributed by atoms with Crippen molar-refractivity contribution in [2.45, 2.75) is 50.3 Å². The molecule has 3 nitrogen and oxygen atoms in total. The molecule has 5 heteroatoms. The van der Waals surface area contributed by atoms with Crippen molar-refractivity contribution in [3.63, 3.8) is 0 Å². The van der Waals surface area contributed by atoms with Gasteiger partial charge in [0.2, 0.25) is 5.91 Å². The van der Waals surface area contributed by atoms with Crippen LogP contribution in [0.15, 0.2) is 0 Å². The van der Waals surface area contributed by atoms with E-state index in [1.54, 1.807) is 0 Å². The Kier molecular flexibility index (Phi) is 8.25. The maximum atomic E-state index is 11.9. The van der Waals surface area contributed by atoms with Gasteiger partial charge in [0.25, 0.3) is 0 Å². The van der Waals surface area contributed by atoms with Crippen molar-refractivity contribution < 1.29 is 4.79 Å². The summed E-state index contributed by atoms with van der Waals surface area (Å²) in [5, 5.41) is 6.32. The van der Waals surface area contributed by atoms with Crippen LogP contribution in [0.3, 0.4) is 0 Å². The van der Waals surface area contributed by atoms with Gasteiger partial charge in [0, 0.05) is 11.3 Å². The molecule has 1 aliphatic rings. The Balaban J connectivity index is 0.00000256. The molecule has 1 rings (SSSR count). The van der Waals surface area contributed by atoms with E-state index in [4.69, 9.17) is 0 Å². The van der Waals surface area contributed by atoms with Crippen LogP contribution >= 0.6 is 24.2 Å². The van der Waals surface area contributed by atoms with Crippen LogP contribution in [0, 0.1) is 0 Å². The van der Waals surface area contributed by atoms with Crippen LogP contribution in [0.25, 0.3) is 0 Å². The first-order valence-corrected chi connectivity index (χ1v) is 7.46. The first kappa shape index (κ1) is 17.1. The second-order valence-corrected chi connectivity index (χ2v) is 5.74. The molecule has 1 amide bonds. The molecule has 0 bridgehead atoms. The van der Waals surface area contributed by atoms with Gasteiger partial charge in [-0.25, -0.2) is 0 Å². The minimum absolute atomic E-state index is 0. The number of rotatable bonds is 6. The van der Waals surface area contributed by atoms with Crippen LogP contribution in [0.2, 0.25) is 0 Å². The van der Waals surface area contributed by atoms with Gasteiger partial charge in [0.1, 0.15) is 0 Å². The monoisotopic (exact) mass is 280 g/mol. The minimum Gasteiger partial charge on any atom is -0.353 e. The van der Waals surface area contributed by atoms with Crippen molar-refractivity contribution in [2.24, 2.45) is 0 Å². The lowest BCUT2D eigenvalue weighted by Crippen LogP contribution is -2.46. The molecule has 102 valence electrons. The van der Waals surface area contributed by atoms with E-state index in [9.17, 15) is 4.79 Å². The fraction of sp³-hybridized carbons (Fsp3) is 0.917. The molecule has 0 aromatic rings. The molecule has 1 fully saturated rings. The van der Waals surface area contributed by atoms with Gasteiger partial charge in [-0.2, -0.15) is 11.8 Å². The van der Waals surface area contributed by atoms with Crippen molar-refractivity contribution in [2.75, 3.05) is 19.3 Å². The van der Waals surface area contributed by atoms with Gasteiger partial charge in [-0.1, -0.05) is 13.8 Å². The fourth-order valence-electron chi connectivity index (χ4n) is 2.14. The molecular formula is C12H25ClN2OS. The molecule has 1 saturated heterocycles. The van der Waals surface area contributed by atoms with Crippen molar-refractivity contribution in [1.82, 2.24) is 10.6 Å². The van der Waals surface area contributed by atoms with Crippen LogP contribution in [-0.4, -0.2) is 36.0 Å².